The fourth-order valence-corrected chi connectivity index (χ4v) is 2.49. The number of benzene rings is 1. The summed E-state index contributed by atoms with van der Waals surface area (Å²) in [4.78, 5) is 13.8. The van der Waals surface area contributed by atoms with Crippen LogP contribution in [0.1, 0.15) is 30.1 Å². The lowest BCUT2D eigenvalue weighted by Crippen LogP contribution is -2.46. The van der Waals surface area contributed by atoms with Crippen molar-refractivity contribution in [1.82, 2.24) is 4.90 Å². The molecule has 0 aromatic heterocycles. The van der Waals surface area contributed by atoms with E-state index in [0.717, 1.165) is 12.5 Å². The summed E-state index contributed by atoms with van der Waals surface area (Å²) < 4.78 is 13.7. The number of amides is 1. The second kappa shape index (κ2) is 5.57. The van der Waals surface area contributed by atoms with Gasteiger partial charge in [0.05, 0.1) is 6.10 Å². The number of carbonyl (C=O) groups is 1. The molecule has 0 radical (unpaired) electrons. The van der Waals surface area contributed by atoms with Crippen LogP contribution in [-0.2, 0) is 0 Å². The molecule has 2 rings (SSSR count). The number of piperidine rings is 1. The highest BCUT2D eigenvalue weighted by atomic mass is 19.1. The second-order valence-electron chi connectivity index (χ2n) is 4.91. The predicted octanol–water partition coefficient (Wildman–Crippen LogP) is 1.76. The van der Waals surface area contributed by atoms with Crippen LogP contribution < -0.4 is 0 Å². The number of aliphatic hydroxyl groups excluding tert-OH is 1. The van der Waals surface area contributed by atoms with Gasteiger partial charge in [-0.25, -0.2) is 4.39 Å². The Morgan fingerprint density at radius 2 is 2.26 bits per heavy atom. The molecule has 2 N–H and O–H groups in total. The normalized spacial score (nSPS) is 23.4. The van der Waals surface area contributed by atoms with Crippen LogP contribution in [0.2, 0.25) is 0 Å². The SMILES string of the molecule is CCC1CN(C(=O)c2c(O)cccc2F)CCC1O. The summed E-state index contributed by atoms with van der Waals surface area (Å²) in [5, 5.41) is 19.4. The molecule has 0 aliphatic carbocycles. The maximum absolute atomic E-state index is 13.7. The summed E-state index contributed by atoms with van der Waals surface area (Å²) in [6.45, 7) is 2.72. The van der Waals surface area contributed by atoms with Gasteiger partial charge >= 0.3 is 0 Å². The van der Waals surface area contributed by atoms with Crippen LogP contribution in [0, 0.1) is 11.7 Å². The molecule has 5 heteroatoms. The molecule has 2 unspecified atom stereocenters. The Labute approximate surface area is 111 Å². The molecule has 0 bridgehead atoms. The van der Waals surface area contributed by atoms with Crippen LogP contribution in [0.3, 0.4) is 0 Å². The van der Waals surface area contributed by atoms with E-state index in [0.29, 0.717) is 19.5 Å². The highest BCUT2D eigenvalue weighted by Crippen LogP contribution is 2.26. The van der Waals surface area contributed by atoms with Gasteiger partial charge in [0, 0.05) is 19.0 Å². The molecule has 1 aromatic rings. The highest BCUT2D eigenvalue weighted by Gasteiger charge is 2.31. The topological polar surface area (TPSA) is 60.8 Å². The van der Waals surface area contributed by atoms with Crippen LogP contribution in [-0.4, -0.2) is 40.2 Å². The van der Waals surface area contributed by atoms with Crippen molar-refractivity contribution in [2.24, 2.45) is 5.92 Å². The van der Waals surface area contributed by atoms with Gasteiger partial charge < -0.3 is 15.1 Å². The standard InChI is InChI=1S/C14H18FNO3/c1-2-9-8-16(7-6-11(9)17)14(19)13-10(15)4-3-5-12(13)18/h3-5,9,11,17-18H,2,6-8H2,1H3. The van der Waals surface area contributed by atoms with Crippen molar-refractivity contribution >= 4 is 5.91 Å². The Balaban J connectivity index is 2.20. The third-order valence-electron chi connectivity index (χ3n) is 3.71. The molecule has 104 valence electrons. The Morgan fingerprint density at radius 1 is 1.53 bits per heavy atom. The summed E-state index contributed by atoms with van der Waals surface area (Å²) in [5.41, 5.74) is -0.284. The first kappa shape index (κ1) is 13.8. The van der Waals surface area contributed by atoms with Gasteiger partial charge in [0.25, 0.3) is 5.91 Å². The van der Waals surface area contributed by atoms with Gasteiger partial charge in [-0.1, -0.05) is 13.0 Å². The van der Waals surface area contributed by atoms with Crippen LogP contribution in [0.15, 0.2) is 18.2 Å². The first-order valence-electron chi connectivity index (χ1n) is 6.49. The largest absolute Gasteiger partial charge is 0.507 e. The molecule has 1 aliphatic rings. The minimum Gasteiger partial charge on any atom is -0.507 e. The van der Waals surface area contributed by atoms with E-state index in [1.165, 1.54) is 17.0 Å². The molecular formula is C14H18FNO3. The Kier molecular flexibility index (Phi) is 4.04. The molecule has 1 fully saturated rings. The average Bonchev–Trinajstić information content (AvgIpc) is 2.39. The van der Waals surface area contributed by atoms with Crippen molar-refractivity contribution in [3.8, 4) is 5.75 Å². The van der Waals surface area contributed by atoms with Gasteiger partial charge in [-0.15, -0.1) is 0 Å². The number of aliphatic hydroxyl groups is 1. The number of halogens is 1. The average molecular weight is 267 g/mol. The monoisotopic (exact) mass is 267 g/mol. The predicted molar refractivity (Wildman–Crippen MR) is 68.4 cm³/mol. The molecule has 1 heterocycles. The minimum absolute atomic E-state index is 0.00613. The molecule has 0 spiro atoms. The van der Waals surface area contributed by atoms with Gasteiger partial charge in [-0.2, -0.15) is 0 Å². The van der Waals surface area contributed by atoms with Crippen LogP contribution in [0.5, 0.6) is 5.75 Å². The van der Waals surface area contributed by atoms with Gasteiger partial charge in [0.1, 0.15) is 17.1 Å². The van der Waals surface area contributed by atoms with Crippen LogP contribution >= 0.6 is 0 Å². The van der Waals surface area contributed by atoms with E-state index in [4.69, 9.17) is 0 Å². The Hall–Kier alpha value is -1.62. The maximum atomic E-state index is 13.7. The number of aromatic hydroxyl groups is 1. The summed E-state index contributed by atoms with van der Waals surface area (Å²) in [5.74, 6) is -1.57. The summed E-state index contributed by atoms with van der Waals surface area (Å²) >= 11 is 0. The fraction of sp³-hybridized carbons (Fsp3) is 0.500. The molecule has 1 aromatic carbocycles. The highest BCUT2D eigenvalue weighted by molar-refractivity contribution is 5.97. The molecule has 2 atom stereocenters. The number of nitrogens with zero attached hydrogens (tertiary/aromatic N) is 1. The van der Waals surface area contributed by atoms with E-state index in [2.05, 4.69) is 0 Å². The van der Waals surface area contributed by atoms with Crippen LogP contribution in [0.4, 0.5) is 4.39 Å². The first-order chi connectivity index (χ1) is 9.04. The maximum Gasteiger partial charge on any atom is 0.260 e. The molecular weight excluding hydrogens is 249 g/mol. The zero-order valence-electron chi connectivity index (χ0n) is 10.8. The van der Waals surface area contributed by atoms with Crippen molar-refractivity contribution < 1.29 is 19.4 Å². The molecule has 19 heavy (non-hydrogen) atoms. The molecule has 1 amide bonds. The van der Waals surface area contributed by atoms with Crippen molar-refractivity contribution in [2.75, 3.05) is 13.1 Å². The number of rotatable bonds is 2. The van der Waals surface area contributed by atoms with Gasteiger partial charge in [0.2, 0.25) is 0 Å². The number of hydrogen-bond donors (Lipinski definition) is 2. The summed E-state index contributed by atoms with van der Waals surface area (Å²) in [7, 11) is 0. The number of phenols is 1. The number of carbonyl (C=O) groups excluding carboxylic acids is 1. The second-order valence-corrected chi connectivity index (χ2v) is 4.91. The zero-order valence-corrected chi connectivity index (χ0v) is 10.8. The van der Waals surface area contributed by atoms with Crippen molar-refractivity contribution in [1.29, 1.82) is 0 Å². The Morgan fingerprint density at radius 3 is 2.89 bits per heavy atom. The van der Waals surface area contributed by atoms with Crippen molar-refractivity contribution in [3.63, 3.8) is 0 Å². The molecule has 1 aliphatic heterocycles. The molecule has 4 nitrogen and oxygen atoms in total. The van der Waals surface area contributed by atoms with E-state index >= 15 is 0 Å². The third kappa shape index (κ3) is 2.71. The summed E-state index contributed by atoms with van der Waals surface area (Å²) in [6, 6.07) is 3.81. The van der Waals surface area contributed by atoms with Crippen molar-refractivity contribution in [3.05, 3.63) is 29.6 Å². The van der Waals surface area contributed by atoms with E-state index in [1.807, 2.05) is 6.92 Å². The number of hydrogen-bond acceptors (Lipinski definition) is 3. The minimum atomic E-state index is -0.718. The number of phenolic OH excluding ortho intramolecular Hbond substituents is 1. The molecule has 1 saturated heterocycles. The third-order valence-corrected chi connectivity index (χ3v) is 3.71. The van der Waals surface area contributed by atoms with E-state index in [1.54, 1.807) is 0 Å². The van der Waals surface area contributed by atoms with Gasteiger partial charge in [-0.3, -0.25) is 4.79 Å². The lowest BCUT2D eigenvalue weighted by Gasteiger charge is -2.35. The number of likely N-dealkylation sites (tertiary alicyclic amines) is 1. The van der Waals surface area contributed by atoms with E-state index in [-0.39, 0.29) is 17.2 Å². The van der Waals surface area contributed by atoms with Gasteiger partial charge in [-0.05, 0) is 25.0 Å². The van der Waals surface area contributed by atoms with E-state index in [9.17, 15) is 19.4 Å². The summed E-state index contributed by atoms with van der Waals surface area (Å²) in [6.07, 6.45) is 0.830. The van der Waals surface area contributed by atoms with Crippen LogP contribution in [0.25, 0.3) is 0 Å². The first-order valence-corrected chi connectivity index (χ1v) is 6.49. The molecule has 0 saturated carbocycles. The smallest absolute Gasteiger partial charge is 0.260 e. The lowest BCUT2D eigenvalue weighted by atomic mass is 9.92. The Bertz CT molecular complexity index is 458. The zero-order chi connectivity index (χ0) is 14.0. The lowest BCUT2D eigenvalue weighted by molar-refractivity contribution is 0.0225. The van der Waals surface area contributed by atoms with Gasteiger partial charge in [0.15, 0.2) is 0 Å². The fourth-order valence-electron chi connectivity index (χ4n) is 2.49. The quantitative estimate of drug-likeness (QED) is 0.858. The van der Waals surface area contributed by atoms with Crippen molar-refractivity contribution in [2.45, 2.75) is 25.9 Å². The van der Waals surface area contributed by atoms with E-state index < -0.39 is 17.8 Å².